The average Bonchev–Trinajstić information content (AvgIpc) is 2.23. The minimum absolute atomic E-state index is 0.278. The van der Waals surface area contributed by atoms with Crippen molar-refractivity contribution < 1.29 is 5.11 Å². The van der Waals surface area contributed by atoms with Gasteiger partial charge in [0.2, 0.25) is 0 Å². The highest BCUT2D eigenvalue weighted by Crippen LogP contribution is 2.25. The first-order chi connectivity index (χ1) is 7.18. The molecule has 4 heteroatoms. The number of aromatic nitrogens is 1. The molecule has 0 amide bonds. The fraction of sp³-hybridized carbons (Fsp3) is 0.545. The van der Waals surface area contributed by atoms with Gasteiger partial charge < -0.3 is 15.7 Å². The van der Waals surface area contributed by atoms with Gasteiger partial charge in [-0.1, -0.05) is 6.92 Å². The van der Waals surface area contributed by atoms with Gasteiger partial charge in [0.05, 0.1) is 11.8 Å². The molecule has 15 heavy (non-hydrogen) atoms. The first-order valence-corrected chi connectivity index (χ1v) is 5.32. The molecule has 2 rings (SSSR count). The number of rotatable bonds is 1. The maximum atomic E-state index is 9.79. The Morgan fingerprint density at radius 2 is 2.40 bits per heavy atom. The molecular weight excluding hydrogens is 190 g/mol. The summed E-state index contributed by atoms with van der Waals surface area (Å²) in [5.74, 6) is 1.16. The van der Waals surface area contributed by atoms with E-state index < -0.39 is 0 Å². The van der Waals surface area contributed by atoms with Gasteiger partial charge in [-0.3, -0.25) is 0 Å². The molecule has 1 aliphatic heterocycles. The van der Waals surface area contributed by atoms with Crippen LogP contribution in [0.3, 0.4) is 0 Å². The van der Waals surface area contributed by atoms with Crippen LogP contribution in [0.4, 0.5) is 11.5 Å². The second-order valence-electron chi connectivity index (χ2n) is 4.20. The predicted molar refractivity (Wildman–Crippen MR) is 60.7 cm³/mol. The van der Waals surface area contributed by atoms with Crippen molar-refractivity contribution in [3.8, 4) is 0 Å². The molecule has 1 fully saturated rings. The first-order valence-electron chi connectivity index (χ1n) is 5.32. The third kappa shape index (κ3) is 2.04. The molecule has 2 heterocycles. The third-order valence-electron chi connectivity index (χ3n) is 3.04. The maximum absolute atomic E-state index is 9.79. The lowest BCUT2D eigenvalue weighted by Gasteiger charge is -2.35. The summed E-state index contributed by atoms with van der Waals surface area (Å²) in [5, 5.41) is 9.79. The van der Waals surface area contributed by atoms with E-state index in [1.807, 2.05) is 12.1 Å². The highest BCUT2D eigenvalue weighted by Gasteiger charge is 2.25. The minimum Gasteiger partial charge on any atom is -0.396 e. The molecule has 0 radical (unpaired) electrons. The van der Waals surface area contributed by atoms with Crippen molar-refractivity contribution >= 4 is 11.5 Å². The lowest BCUT2D eigenvalue weighted by atomic mass is 9.96. The summed E-state index contributed by atoms with van der Waals surface area (Å²) in [6.45, 7) is 3.62. The Bertz CT molecular complexity index is 342. The molecule has 1 aromatic heterocycles. The van der Waals surface area contributed by atoms with Gasteiger partial charge in [0.15, 0.2) is 5.82 Å². The summed E-state index contributed by atoms with van der Waals surface area (Å²) < 4.78 is 0. The smallest absolute Gasteiger partial charge is 0.151 e. The Morgan fingerprint density at radius 3 is 3.07 bits per heavy atom. The molecule has 4 nitrogen and oxygen atoms in total. The molecule has 82 valence electrons. The van der Waals surface area contributed by atoms with Gasteiger partial charge in [-0.05, 0) is 24.5 Å². The Kier molecular flexibility index (Phi) is 2.77. The highest BCUT2D eigenvalue weighted by atomic mass is 16.3. The van der Waals surface area contributed by atoms with Crippen LogP contribution in [0.5, 0.6) is 0 Å². The van der Waals surface area contributed by atoms with E-state index in [1.54, 1.807) is 6.20 Å². The Balaban J connectivity index is 2.15. The molecule has 0 saturated carbocycles. The number of hydrogen-bond acceptors (Lipinski definition) is 4. The number of β-amino-alcohol motifs (C(OH)–C–C–N with tert-alkyl or cyclic N) is 1. The van der Waals surface area contributed by atoms with Crippen LogP contribution >= 0.6 is 0 Å². The number of aliphatic hydroxyl groups is 1. The summed E-state index contributed by atoms with van der Waals surface area (Å²) in [6, 6.07) is 3.66. The molecular formula is C11H17N3O. The summed E-state index contributed by atoms with van der Waals surface area (Å²) in [7, 11) is 0. The maximum Gasteiger partial charge on any atom is 0.151 e. The number of nitrogens with two attached hydrogens (primary N) is 1. The first kappa shape index (κ1) is 10.2. The lowest BCUT2D eigenvalue weighted by Crippen LogP contribution is -2.43. The van der Waals surface area contributed by atoms with E-state index in [-0.39, 0.29) is 6.10 Å². The van der Waals surface area contributed by atoms with Gasteiger partial charge in [-0.25, -0.2) is 4.98 Å². The lowest BCUT2D eigenvalue weighted by molar-refractivity contribution is 0.102. The molecule has 0 bridgehead atoms. The monoisotopic (exact) mass is 207 g/mol. The highest BCUT2D eigenvalue weighted by molar-refractivity contribution is 5.62. The predicted octanol–water partition coefficient (Wildman–Crippen LogP) is 0.871. The number of pyridine rings is 1. The number of nitrogens with zero attached hydrogens (tertiary/aromatic N) is 2. The van der Waals surface area contributed by atoms with E-state index in [1.165, 1.54) is 0 Å². The fourth-order valence-electron chi connectivity index (χ4n) is 1.91. The van der Waals surface area contributed by atoms with E-state index >= 15 is 0 Å². The standard InChI is InChI=1S/C11H17N3O/c1-8-4-6-14(7-10(8)15)11-9(12)3-2-5-13-11/h2-3,5,8,10,15H,4,6-7,12H2,1H3. The zero-order chi connectivity index (χ0) is 10.8. The SMILES string of the molecule is CC1CCN(c2ncccc2N)CC1O. The van der Waals surface area contributed by atoms with Crippen molar-refractivity contribution in [1.82, 2.24) is 4.98 Å². The van der Waals surface area contributed by atoms with Crippen molar-refractivity contribution in [3.63, 3.8) is 0 Å². The molecule has 2 atom stereocenters. The van der Waals surface area contributed by atoms with Crippen LogP contribution in [0.25, 0.3) is 0 Å². The topological polar surface area (TPSA) is 62.4 Å². The third-order valence-corrected chi connectivity index (χ3v) is 3.04. The van der Waals surface area contributed by atoms with Crippen LogP contribution in [0.2, 0.25) is 0 Å². The quantitative estimate of drug-likeness (QED) is 0.717. The minimum atomic E-state index is -0.278. The molecule has 0 aromatic carbocycles. The summed E-state index contributed by atoms with van der Waals surface area (Å²) in [5.41, 5.74) is 6.53. The van der Waals surface area contributed by atoms with Gasteiger partial charge >= 0.3 is 0 Å². The van der Waals surface area contributed by atoms with E-state index in [4.69, 9.17) is 5.73 Å². The molecule has 1 aromatic rings. The van der Waals surface area contributed by atoms with Gasteiger partial charge in [0.25, 0.3) is 0 Å². The molecule has 3 N–H and O–H groups in total. The Hall–Kier alpha value is -1.29. The van der Waals surface area contributed by atoms with Gasteiger partial charge in [0, 0.05) is 19.3 Å². The van der Waals surface area contributed by atoms with Crippen LogP contribution in [0.1, 0.15) is 13.3 Å². The van der Waals surface area contributed by atoms with Crippen molar-refractivity contribution in [1.29, 1.82) is 0 Å². The molecule has 0 spiro atoms. The van der Waals surface area contributed by atoms with E-state index in [2.05, 4.69) is 16.8 Å². The number of nitrogen functional groups attached to an aromatic ring is 1. The van der Waals surface area contributed by atoms with Crippen molar-refractivity contribution in [2.24, 2.45) is 5.92 Å². The van der Waals surface area contributed by atoms with Crippen LogP contribution in [0.15, 0.2) is 18.3 Å². The number of piperidine rings is 1. The summed E-state index contributed by atoms with van der Waals surface area (Å²) >= 11 is 0. The number of anilines is 2. The summed E-state index contributed by atoms with van der Waals surface area (Å²) in [6.07, 6.45) is 2.44. The zero-order valence-corrected chi connectivity index (χ0v) is 8.93. The van der Waals surface area contributed by atoms with Gasteiger partial charge in [-0.2, -0.15) is 0 Å². The fourth-order valence-corrected chi connectivity index (χ4v) is 1.91. The second kappa shape index (κ2) is 4.06. The Labute approximate surface area is 89.7 Å². The van der Waals surface area contributed by atoms with E-state index in [0.29, 0.717) is 18.2 Å². The molecule has 1 aliphatic rings. The largest absolute Gasteiger partial charge is 0.396 e. The molecule has 2 unspecified atom stereocenters. The number of aliphatic hydroxyl groups excluding tert-OH is 1. The molecule has 0 aliphatic carbocycles. The van der Waals surface area contributed by atoms with E-state index in [9.17, 15) is 5.11 Å². The van der Waals surface area contributed by atoms with Crippen LogP contribution in [0, 0.1) is 5.92 Å². The van der Waals surface area contributed by atoms with Crippen molar-refractivity contribution in [2.75, 3.05) is 23.7 Å². The van der Waals surface area contributed by atoms with Gasteiger partial charge in [0.1, 0.15) is 0 Å². The molecule has 1 saturated heterocycles. The van der Waals surface area contributed by atoms with E-state index in [0.717, 1.165) is 18.8 Å². The summed E-state index contributed by atoms with van der Waals surface area (Å²) in [4.78, 5) is 6.31. The second-order valence-corrected chi connectivity index (χ2v) is 4.20. The number of hydrogen-bond donors (Lipinski definition) is 2. The van der Waals surface area contributed by atoms with Crippen molar-refractivity contribution in [3.05, 3.63) is 18.3 Å². The normalized spacial score (nSPS) is 26.7. The van der Waals surface area contributed by atoms with Crippen LogP contribution < -0.4 is 10.6 Å². The van der Waals surface area contributed by atoms with Crippen LogP contribution in [-0.2, 0) is 0 Å². The average molecular weight is 207 g/mol. The van der Waals surface area contributed by atoms with Gasteiger partial charge in [-0.15, -0.1) is 0 Å². The zero-order valence-electron chi connectivity index (χ0n) is 8.93. The Morgan fingerprint density at radius 1 is 1.60 bits per heavy atom. The van der Waals surface area contributed by atoms with Crippen molar-refractivity contribution in [2.45, 2.75) is 19.4 Å². The van der Waals surface area contributed by atoms with Crippen LogP contribution in [-0.4, -0.2) is 29.3 Å².